The Morgan fingerprint density at radius 2 is 1.82 bits per heavy atom. The summed E-state index contributed by atoms with van der Waals surface area (Å²) in [4.78, 5) is 26.4. The number of nitrogens with one attached hydrogen (secondary N) is 1. The monoisotopic (exact) mass is 452 g/mol. The van der Waals surface area contributed by atoms with Gasteiger partial charge in [-0.3, -0.25) is 9.78 Å². The van der Waals surface area contributed by atoms with Crippen LogP contribution < -0.4 is 4.90 Å². The number of rotatable bonds is 4. The number of benzene rings is 2. The molecule has 0 bridgehead atoms. The van der Waals surface area contributed by atoms with E-state index in [1.807, 2.05) is 12.4 Å². The zero-order chi connectivity index (χ0) is 23.1. The van der Waals surface area contributed by atoms with Crippen LogP contribution in [0.3, 0.4) is 0 Å². The maximum Gasteiger partial charge on any atom is 0.229 e. The van der Waals surface area contributed by atoms with Gasteiger partial charge in [0.05, 0.1) is 22.8 Å². The third-order valence-electron chi connectivity index (χ3n) is 8.15. The minimum absolute atomic E-state index is 0.211. The molecule has 2 saturated heterocycles. The number of aromatic nitrogens is 2. The number of carbonyl (C=O) groups is 1. The van der Waals surface area contributed by atoms with E-state index in [2.05, 4.69) is 70.2 Å². The summed E-state index contributed by atoms with van der Waals surface area (Å²) in [5.74, 6) is 0.360. The van der Waals surface area contributed by atoms with Gasteiger partial charge >= 0.3 is 0 Å². The Hall–Kier alpha value is -3.34. The zero-order valence-corrected chi connectivity index (χ0v) is 19.9. The smallest absolute Gasteiger partial charge is 0.229 e. The van der Waals surface area contributed by atoms with E-state index < -0.39 is 0 Å². The van der Waals surface area contributed by atoms with Crippen LogP contribution in [0.25, 0.3) is 21.8 Å². The van der Waals surface area contributed by atoms with Crippen molar-refractivity contribution in [1.29, 1.82) is 0 Å². The predicted molar refractivity (Wildman–Crippen MR) is 138 cm³/mol. The highest BCUT2D eigenvalue weighted by Gasteiger charge is 2.45. The number of aryl methyl sites for hydroxylation is 1. The van der Waals surface area contributed by atoms with E-state index in [9.17, 15) is 4.79 Å². The Labute approximate surface area is 200 Å². The van der Waals surface area contributed by atoms with Crippen molar-refractivity contribution in [2.24, 2.45) is 5.41 Å². The number of pyridine rings is 1. The molecule has 5 heteroatoms. The molecule has 0 saturated carbocycles. The van der Waals surface area contributed by atoms with Crippen molar-refractivity contribution in [3.63, 3.8) is 0 Å². The molecule has 1 amide bonds. The fraction of sp³-hybridized carbons (Fsp3) is 0.379. The summed E-state index contributed by atoms with van der Waals surface area (Å²) in [5.41, 5.74) is 5.84. The average Bonchev–Trinajstić information content (AvgIpc) is 3.37. The molecule has 0 unspecified atom stereocenters. The lowest BCUT2D eigenvalue weighted by Crippen LogP contribution is -2.53. The van der Waals surface area contributed by atoms with Crippen LogP contribution in [0, 0.1) is 5.41 Å². The lowest BCUT2D eigenvalue weighted by molar-refractivity contribution is -0.148. The summed E-state index contributed by atoms with van der Waals surface area (Å²) in [6.07, 6.45) is 8.96. The highest BCUT2D eigenvalue weighted by Crippen LogP contribution is 2.43. The molecule has 2 aromatic heterocycles. The standard InChI is InChI=1S/C29H32N4O/c1-2-22-24-8-3-4-9-26(24)31-19-27(22)32-17-13-29(14-18-32)12-6-16-33(28(29)34)20-21-7-5-10-25-23(21)11-15-30-25/h3-5,7-11,15,19,30H,2,6,12-14,16-18,20H2,1H3. The Bertz CT molecular complexity index is 1350. The van der Waals surface area contributed by atoms with Crippen molar-refractivity contribution in [3.8, 4) is 0 Å². The number of nitrogens with zero attached hydrogens (tertiary/aromatic N) is 3. The van der Waals surface area contributed by atoms with Gasteiger partial charge in [0.25, 0.3) is 0 Å². The second-order valence-electron chi connectivity index (χ2n) is 9.95. The number of aromatic amines is 1. The van der Waals surface area contributed by atoms with Crippen LogP contribution in [0.15, 0.2) is 60.9 Å². The Morgan fingerprint density at radius 3 is 2.68 bits per heavy atom. The van der Waals surface area contributed by atoms with Gasteiger partial charge in [-0.2, -0.15) is 0 Å². The number of amides is 1. The lowest BCUT2D eigenvalue weighted by atomic mass is 9.71. The molecule has 6 rings (SSSR count). The lowest BCUT2D eigenvalue weighted by Gasteiger charge is -2.47. The number of para-hydroxylation sites is 1. The topological polar surface area (TPSA) is 52.2 Å². The van der Waals surface area contributed by atoms with E-state index in [0.29, 0.717) is 12.5 Å². The van der Waals surface area contributed by atoms with E-state index in [0.717, 1.165) is 62.8 Å². The number of piperidine rings is 2. The minimum atomic E-state index is -0.211. The van der Waals surface area contributed by atoms with Crippen molar-refractivity contribution >= 4 is 33.4 Å². The molecule has 5 nitrogen and oxygen atoms in total. The first-order valence-electron chi connectivity index (χ1n) is 12.6. The van der Waals surface area contributed by atoms with Gasteiger partial charge in [-0.15, -0.1) is 0 Å². The van der Waals surface area contributed by atoms with E-state index in [-0.39, 0.29) is 5.41 Å². The molecule has 1 spiro atoms. The normalized spacial score (nSPS) is 18.3. The molecule has 0 aliphatic carbocycles. The van der Waals surface area contributed by atoms with Gasteiger partial charge < -0.3 is 14.8 Å². The van der Waals surface area contributed by atoms with Crippen molar-refractivity contribution in [2.75, 3.05) is 24.5 Å². The van der Waals surface area contributed by atoms with E-state index in [1.165, 1.54) is 27.6 Å². The van der Waals surface area contributed by atoms with Gasteiger partial charge in [0, 0.05) is 48.7 Å². The Morgan fingerprint density at radius 1 is 0.971 bits per heavy atom. The van der Waals surface area contributed by atoms with Gasteiger partial charge in [-0.1, -0.05) is 37.3 Å². The molecule has 1 N–H and O–H groups in total. The molecular weight excluding hydrogens is 420 g/mol. The third-order valence-corrected chi connectivity index (χ3v) is 8.15. The first kappa shape index (κ1) is 21.2. The fourth-order valence-electron chi connectivity index (χ4n) is 6.27. The van der Waals surface area contributed by atoms with E-state index in [4.69, 9.17) is 4.98 Å². The third kappa shape index (κ3) is 3.46. The summed E-state index contributed by atoms with van der Waals surface area (Å²) >= 11 is 0. The average molecular weight is 453 g/mol. The van der Waals surface area contributed by atoms with Crippen LogP contribution in [0.4, 0.5) is 5.69 Å². The van der Waals surface area contributed by atoms with Crippen LogP contribution >= 0.6 is 0 Å². The van der Waals surface area contributed by atoms with Crippen molar-refractivity contribution in [1.82, 2.24) is 14.9 Å². The largest absolute Gasteiger partial charge is 0.370 e. The maximum absolute atomic E-state index is 13.8. The van der Waals surface area contributed by atoms with Crippen molar-refractivity contribution in [2.45, 2.75) is 45.6 Å². The van der Waals surface area contributed by atoms with Gasteiger partial charge in [-0.25, -0.2) is 0 Å². The molecule has 174 valence electrons. The molecule has 2 aliphatic heterocycles. The van der Waals surface area contributed by atoms with Gasteiger partial charge in [-0.05, 0) is 61.4 Å². The molecule has 2 aliphatic rings. The summed E-state index contributed by atoms with van der Waals surface area (Å²) < 4.78 is 0. The van der Waals surface area contributed by atoms with E-state index >= 15 is 0 Å². The first-order chi connectivity index (χ1) is 16.7. The molecule has 34 heavy (non-hydrogen) atoms. The molecule has 4 aromatic rings. The summed E-state index contributed by atoms with van der Waals surface area (Å²) in [6.45, 7) is 5.62. The minimum Gasteiger partial charge on any atom is -0.370 e. The Kier molecular flexibility index (Phi) is 5.28. The van der Waals surface area contributed by atoms with Crippen LogP contribution in [0.1, 0.15) is 43.7 Å². The number of H-pyrrole nitrogens is 1. The van der Waals surface area contributed by atoms with Crippen LogP contribution in [-0.2, 0) is 17.8 Å². The predicted octanol–water partition coefficient (Wildman–Crippen LogP) is 5.69. The zero-order valence-electron chi connectivity index (χ0n) is 19.9. The highest BCUT2D eigenvalue weighted by molar-refractivity contribution is 5.88. The first-order valence-corrected chi connectivity index (χ1v) is 12.6. The molecule has 0 atom stereocenters. The number of carbonyl (C=O) groups excluding carboxylic acids is 1. The SMILES string of the molecule is CCc1c(N2CCC3(CCCN(Cc4cccc5[nH]ccc45)C3=O)CC2)cnc2ccccc12. The molecule has 0 radical (unpaired) electrons. The Balaban J connectivity index is 1.21. The second-order valence-corrected chi connectivity index (χ2v) is 9.95. The van der Waals surface area contributed by atoms with Crippen LogP contribution in [-0.4, -0.2) is 40.4 Å². The second kappa shape index (κ2) is 8.46. The van der Waals surface area contributed by atoms with Crippen molar-refractivity contribution < 1.29 is 4.79 Å². The van der Waals surface area contributed by atoms with Gasteiger partial charge in [0.15, 0.2) is 0 Å². The molecule has 2 aromatic carbocycles. The molecule has 4 heterocycles. The fourth-order valence-corrected chi connectivity index (χ4v) is 6.27. The summed E-state index contributed by atoms with van der Waals surface area (Å²) in [6, 6.07) is 16.9. The number of hydrogen-bond acceptors (Lipinski definition) is 3. The number of fused-ring (bicyclic) bond motifs is 2. The summed E-state index contributed by atoms with van der Waals surface area (Å²) in [5, 5.41) is 2.47. The van der Waals surface area contributed by atoms with Gasteiger partial charge in [0.2, 0.25) is 5.91 Å². The van der Waals surface area contributed by atoms with Crippen molar-refractivity contribution in [3.05, 3.63) is 72.1 Å². The maximum atomic E-state index is 13.8. The van der Waals surface area contributed by atoms with Gasteiger partial charge in [0.1, 0.15) is 0 Å². The molecular formula is C29H32N4O. The highest BCUT2D eigenvalue weighted by atomic mass is 16.2. The van der Waals surface area contributed by atoms with Crippen LogP contribution in [0.5, 0.6) is 0 Å². The number of hydrogen-bond donors (Lipinski definition) is 1. The quantitative estimate of drug-likeness (QED) is 0.433. The number of likely N-dealkylation sites (tertiary alicyclic amines) is 1. The van der Waals surface area contributed by atoms with Crippen LogP contribution in [0.2, 0.25) is 0 Å². The number of anilines is 1. The molecule has 2 fully saturated rings. The summed E-state index contributed by atoms with van der Waals surface area (Å²) in [7, 11) is 0. The van der Waals surface area contributed by atoms with E-state index in [1.54, 1.807) is 0 Å².